The SMILES string of the molecule is CCCCCCC=CCCCC(CC(=O)OC1CN(C)C(C(OC2CC(O)C(CN)O2)C2OC(n3ccc(=O)[nH]c3=O)CC2O)C(=O)N(C)C1C(=O)O)OC(=O)CC(C)CC(=O)OC1OC(CC)C(OC)C(OC(=O)CCC(=O)O)C1OC. The van der Waals surface area contributed by atoms with Gasteiger partial charge in [0.05, 0.1) is 43.7 Å². The molecule has 468 valence electrons. The Labute approximate surface area is 481 Å². The zero-order valence-electron chi connectivity index (χ0n) is 48.3. The van der Waals surface area contributed by atoms with Crippen molar-refractivity contribution in [1.29, 1.82) is 0 Å². The Morgan fingerprint density at radius 3 is 2.11 bits per heavy atom. The number of hydrogen-bond donors (Lipinski definition) is 6. The number of nitrogens with two attached hydrogens (primary N) is 1. The lowest BCUT2D eigenvalue weighted by molar-refractivity contribution is -0.299. The van der Waals surface area contributed by atoms with Gasteiger partial charge in [-0.15, -0.1) is 0 Å². The Kier molecular flexibility index (Phi) is 27.2. The van der Waals surface area contributed by atoms with Crippen LogP contribution in [0.4, 0.5) is 0 Å². The number of aliphatic hydroxyl groups excluding tert-OH is 2. The normalized spacial score (nSPS) is 29.7. The van der Waals surface area contributed by atoms with E-state index in [0.29, 0.717) is 19.3 Å². The molecule has 83 heavy (non-hydrogen) atoms. The molecular weight excluding hydrogens is 1100 g/mol. The van der Waals surface area contributed by atoms with E-state index < -0.39 is 183 Å². The number of carbonyl (C=O) groups is 7. The first kappa shape index (κ1) is 68.1. The van der Waals surface area contributed by atoms with Crippen molar-refractivity contribution in [3.05, 3.63) is 45.3 Å². The number of rotatable bonds is 32. The number of amides is 1. The number of aliphatic carboxylic acids is 2. The summed E-state index contributed by atoms with van der Waals surface area (Å²) in [5.41, 5.74) is 4.28. The Bertz CT molecular complexity index is 2460. The third-order valence-electron chi connectivity index (χ3n) is 15.1. The van der Waals surface area contributed by atoms with Crippen LogP contribution in [0, 0.1) is 5.92 Å². The molecule has 5 heterocycles. The van der Waals surface area contributed by atoms with Crippen LogP contribution < -0.4 is 17.0 Å². The van der Waals surface area contributed by atoms with Crippen molar-refractivity contribution in [1.82, 2.24) is 19.4 Å². The van der Waals surface area contributed by atoms with Crippen molar-refractivity contribution >= 4 is 41.7 Å². The number of nitrogens with one attached hydrogen (secondary N) is 1. The summed E-state index contributed by atoms with van der Waals surface area (Å²) in [5, 5.41) is 42.0. The predicted molar refractivity (Wildman–Crippen MR) is 288 cm³/mol. The van der Waals surface area contributed by atoms with Gasteiger partial charge in [0, 0.05) is 72.3 Å². The predicted octanol–water partition coefficient (Wildman–Crippen LogP) is 1.04. The molecule has 1 aromatic heterocycles. The monoisotopic (exact) mass is 1180 g/mol. The molecule has 0 aromatic carbocycles. The molecule has 0 aliphatic carbocycles. The minimum atomic E-state index is -1.80. The number of aromatic nitrogens is 2. The number of likely N-dealkylation sites (N-methyl/N-ethyl adjacent to an activating group) is 2. The number of H-pyrrole nitrogens is 1. The molecule has 7 N–H and O–H groups in total. The maximum Gasteiger partial charge on any atom is 0.330 e. The fourth-order valence-corrected chi connectivity index (χ4v) is 10.8. The van der Waals surface area contributed by atoms with Crippen LogP contribution >= 0.6 is 0 Å². The number of unbranched alkanes of at least 4 members (excludes halogenated alkanes) is 5. The smallest absolute Gasteiger partial charge is 0.330 e. The van der Waals surface area contributed by atoms with Crippen LogP contribution in [0.15, 0.2) is 34.0 Å². The van der Waals surface area contributed by atoms with Gasteiger partial charge in [-0.1, -0.05) is 52.2 Å². The minimum Gasteiger partial charge on any atom is -0.481 e. The van der Waals surface area contributed by atoms with Gasteiger partial charge in [-0.2, -0.15) is 0 Å². The Hall–Kier alpha value is -5.69. The lowest BCUT2D eigenvalue weighted by Gasteiger charge is -2.44. The molecule has 0 bridgehead atoms. The molecule has 0 spiro atoms. The number of carbonyl (C=O) groups excluding carboxylic acids is 5. The quantitative estimate of drug-likeness (QED) is 0.0254. The van der Waals surface area contributed by atoms with E-state index in [-0.39, 0.29) is 38.6 Å². The molecule has 4 saturated heterocycles. The van der Waals surface area contributed by atoms with E-state index in [2.05, 4.69) is 18.0 Å². The van der Waals surface area contributed by atoms with Crippen LogP contribution in [-0.2, 0) is 80.9 Å². The molecule has 4 aliphatic rings. The van der Waals surface area contributed by atoms with Gasteiger partial charge in [0.25, 0.3) is 5.56 Å². The number of allylic oxidation sites excluding steroid dienone is 2. The summed E-state index contributed by atoms with van der Waals surface area (Å²) in [6.07, 6.45) is -7.12. The lowest BCUT2D eigenvalue weighted by Crippen LogP contribution is -2.61. The summed E-state index contributed by atoms with van der Waals surface area (Å²) in [6.45, 7) is 4.98. The highest BCUT2D eigenvalue weighted by Crippen LogP contribution is 2.37. The zero-order valence-corrected chi connectivity index (χ0v) is 48.3. The molecule has 1 aromatic rings. The Balaban J connectivity index is 1.31. The van der Waals surface area contributed by atoms with E-state index in [1.165, 1.54) is 39.4 Å². The molecular formula is C55H85N5O23. The highest BCUT2D eigenvalue weighted by Gasteiger charge is 2.54. The van der Waals surface area contributed by atoms with Gasteiger partial charge < -0.3 is 78.4 Å². The summed E-state index contributed by atoms with van der Waals surface area (Å²) in [7, 11) is 5.28. The van der Waals surface area contributed by atoms with Crippen LogP contribution in [-0.4, -0.2) is 215 Å². The van der Waals surface area contributed by atoms with Crippen LogP contribution in [0.25, 0.3) is 0 Å². The highest BCUT2D eigenvalue weighted by molar-refractivity contribution is 5.89. The van der Waals surface area contributed by atoms with Gasteiger partial charge in [0.1, 0.15) is 42.8 Å². The summed E-state index contributed by atoms with van der Waals surface area (Å²) in [6, 6.07) is -2.21. The average Bonchev–Trinajstić information content (AvgIpc) is 3.23. The van der Waals surface area contributed by atoms with E-state index in [1.807, 2.05) is 6.08 Å². The molecule has 28 heteroatoms. The second-order valence-electron chi connectivity index (χ2n) is 21.5. The number of ether oxygens (including phenoxy) is 10. The number of esters is 4. The highest BCUT2D eigenvalue weighted by atomic mass is 16.7. The van der Waals surface area contributed by atoms with Gasteiger partial charge in [-0.05, 0) is 51.5 Å². The first-order valence-electron chi connectivity index (χ1n) is 28.4. The van der Waals surface area contributed by atoms with Crippen molar-refractivity contribution in [3.8, 4) is 0 Å². The van der Waals surface area contributed by atoms with Gasteiger partial charge in [-0.25, -0.2) is 9.59 Å². The van der Waals surface area contributed by atoms with Gasteiger partial charge in [0.2, 0.25) is 12.2 Å². The number of methoxy groups -OCH3 is 2. The molecule has 17 atom stereocenters. The fraction of sp³-hybridized carbons (Fsp3) is 0.764. The largest absolute Gasteiger partial charge is 0.481 e. The number of aliphatic hydroxyl groups is 2. The maximum absolute atomic E-state index is 14.7. The first-order chi connectivity index (χ1) is 39.5. The van der Waals surface area contributed by atoms with Crippen LogP contribution in [0.3, 0.4) is 0 Å². The van der Waals surface area contributed by atoms with Crippen molar-refractivity contribution in [2.75, 3.05) is 41.4 Å². The van der Waals surface area contributed by atoms with Crippen LogP contribution in [0.5, 0.6) is 0 Å². The molecule has 1 amide bonds. The van der Waals surface area contributed by atoms with E-state index in [4.69, 9.17) is 58.2 Å². The van der Waals surface area contributed by atoms with E-state index in [9.17, 15) is 58.5 Å². The number of hydrogen-bond acceptors (Lipinski definition) is 23. The third kappa shape index (κ3) is 19.4. The summed E-state index contributed by atoms with van der Waals surface area (Å²) >= 11 is 0. The van der Waals surface area contributed by atoms with E-state index >= 15 is 0 Å². The van der Waals surface area contributed by atoms with Crippen LogP contribution in [0.1, 0.15) is 130 Å². The van der Waals surface area contributed by atoms with Crippen LogP contribution in [0.2, 0.25) is 0 Å². The van der Waals surface area contributed by atoms with E-state index in [0.717, 1.165) is 47.6 Å². The zero-order chi connectivity index (χ0) is 61.1. The standard InChI is InChI=1S/C55H85N5O23/c1-8-10-11-12-13-14-15-16-17-18-31(76-41(67)23-30(3)24-42(68)82-54-51(75-7)50(48(74-6)34(9-2)79-54)81-40(66)20-19-39(64)65)25-43(69)77-36-29-58(4)46(52(70)59(5)45(36)53(71)72)49(83-44-27-32(61)35(28-56)78-44)47-33(62)26-38(80-47)60-22-21-37(63)57-55(60)73/h14-15,21-22,30-36,38,44-51,54,61-62H,8-13,16-20,23-29,56H2,1-7H3,(H,64,65)(H,71,72)(H,57,63,73). The fourth-order valence-electron chi connectivity index (χ4n) is 10.8. The summed E-state index contributed by atoms with van der Waals surface area (Å²) in [5.74, 6) is -7.72. The number of nitrogens with zero attached hydrogens (tertiary/aromatic N) is 3. The Morgan fingerprint density at radius 1 is 0.795 bits per heavy atom. The molecule has 28 nitrogen and oxygen atoms in total. The third-order valence-corrected chi connectivity index (χ3v) is 15.1. The summed E-state index contributed by atoms with van der Waals surface area (Å²) < 4.78 is 59.8. The second kappa shape index (κ2) is 33.1. The van der Waals surface area contributed by atoms with Gasteiger partial charge in [0.15, 0.2) is 24.5 Å². The summed E-state index contributed by atoms with van der Waals surface area (Å²) in [4.78, 5) is 122. The maximum atomic E-state index is 14.7. The first-order valence-corrected chi connectivity index (χ1v) is 28.4. The van der Waals surface area contributed by atoms with E-state index in [1.54, 1.807) is 13.8 Å². The van der Waals surface area contributed by atoms with Crippen molar-refractivity contribution in [2.24, 2.45) is 11.7 Å². The second-order valence-corrected chi connectivity index (χ2v) is 21.5. The molecule has 0 radical (unpaired) electrons. The minimum absolute atomic E-state index is 0.0931. The number of aromatic amines is 1. The van der Waals surface area contributed by atoms with Gasteiger partial charge in [-0.3, -0.25) is 48.0 Å². The molecule has 0 saturated carbocycles. The molecule has 17 unspecified atom stereocenters. The van der Waals surface area contributed by atoms with Gasteiger partial charge >= 0.3 is 41.5 Å². The lowest BCUT2D eigenvalue weighted by atomic mass is 9.96. The molecule has 5 rings (SSSR count). The van der Waals surface area contributed by atoms with Crippen molar-refractivity contribution < 1.29 is 101 Å². The van der Waals surface area contributed by atoms with Crippen molar-refractivity contribution in [2.45, 2.75) is 222 Å². The topological polar surface area (TPSA) is 380 Å². The van der Waals surface area contributed by atoms with Crippen molar-refractivity contribution in [3.63, 3.8) is 0 Å². The average molecular weight is 1180 g/mol. The number of carboxylic acids is 2. The molecule has 4 aliphatic heterocycles. The Morgan fingerprint density at radius 2 is 1.48 bits per heavy atom. The number of carboxylic acid groups (broad SMARTS) is 2. The molecule has 4 fully saturated rings.